The third-order valence-electron chi connectivity index (χ3n) is 5.28. The van der Waals surface area contributed by atoms with Crippen LogP contribution in [-0.2, 0) is 20.9 Å². The number of morpholine rings is 1. The van der Waals surface area contributed by atoms with Gasteiger partial charge in [-0.1, -0.05) is 25.0 Å². The Morgan fingerprint density at radius 1 is 1.08 bits per heavy atom. The molecule has 1 aliphatic carbocycles. The van der Waals surface area contributed by atoms with E-state index in [0.717, 1.165) is 45.7 Å². The highest BCUT2D eigenvalue weighted by Crippen LogP contribution is 2.30. The second-order valence-electron chi connectivity index (χ2n) is 7.04. The Morgan fingerprint density at radius 3 is 2.36 bits per heavy atom. The zero-order valence-electron chi connectivity index (χ0n) is 14.5. The molecule has 1 aliphatic heterocycles. The van der Waals surface area contributed by atoms with Gasteiger partial charge in [-0.05, 0) is 25.0 Å². The summed E-state index contributed by atoms with van der Waals surface area (Å²) in [6.45, 7) is 4.61. The lowest BCUT2D eigenvalue weighted by atomic mass is 9.78. The standard InChI is InChI=1S/C19H26N2O4/c22-18(16-3-1-2-4-17(16)19(23)24)20-15-7-5-14(6-8-15)13-21-9-11-25-12-10-21/h5-8,16-17H,1-4,9-13H2,(H,20,22)(H,23,24)/t16-,17-/m0/s1. The number of anilines is 1. The van der Waals surface area contributed by atoms with E-state index in [0.29, 0.717) is 18.5 Å². The zero-order valence-corrected chi connectivity index (χ0v) is 14.5. The molecule has 2 atom stereocenters. The molecule has 0 aromatic heterocycles. The summed E-state index contributed by atoms with van der Waals surface area (Å²) in [6.07, 6.45) is 2.88. The van der Waals surface area contributed by atoms with Crippen molar-refractivity contribution < 1.29 is 24.3 Å². The summed E-state index contributed by atoms with van der Waals surface area (Å²) in [6, 6.07) is 7.83. The number of nitrogens with one attached hydrogen (secondary N) is 2. The van der Waals surface area contributed by atoms with Crippen LogP contribution >= 0.6 is 0 Å². The summed E-state index contributed by atoms with van der Waals surface area (Å²) in [5.41, 5.74) is 1.94. The quantitative estimate of drug-likeness (QED) is 0.760. The highest BCUT2D eigenvalue weighted by atomic mass is 16.5. The van der Waals surface area contributed by atoms with Gasteiger partial charge in [0.1, 0.15) is 19.6 Å². The van der Waals surface area contributed by atoms with Gasteiger partial charge in [0.15, 0.2) is 0 Å². The number of ether oxygens (including phenoxy) is 1. The number of carboxylic acid groups (broad SMARTS) is 1. The van der Waals surface area contributed by atoms with Crippen molar-refractivity contribution in [1.82, 2.24) is 0 Å². The summed E-state index contributed by atoms with van der Waals surface area (Å²) >= 11 is 0. The molecule has 2 N–H and O–H groups in total. The van der Waals surface area contributed by atoms with Gasteiger partial charge >= 0.3 is 0 Å². The number of aliphatic carboxylic acids is 1. The van der Waals surface area contributed by atoms with E-state index in [1.807, 2.05) is 24.3 Å². The number of hydrogen-bond donors (Lipinski definition) is 2. The summed E-state index contributed by atoms with van der Waals surface area (Å²) in [5.74, 6) is -2.47. The minimum Gasteiger partial charge on any atom is -0.550 e. The number of carboxylic acids is 1. The minimum absolute atomic E-state index is 0.208. The van der Waals surface area contributed by atoms with Crippen LogP contribution < -0.4 is 15.3 Å². The maximum Gasteiger partial charge on any atom is 0.228 e. The van der Waals surface area contributed by atoms with E-state index >= 15 is 0 Å². The average molecular weight is 346 g/mol. The Morgan fingerprint density at radius 2 is 1.72 bits per heavy atom. The van der Waals surface area contributed by atoms with Crippen molar-refractivity contribution in [3.8, 4) is 0 Å². The van der Waals surface area contributed by atoms with E-state index in [9.17, 15) is 14.7 Å². The Hall–Kier alpha value is -1.92. The molecule has 2 fully saturated rings. The van der Waals surface area contributed by atoms with Gasteiger partial charge in [-0.2, -0.15) is 0 Å². The Labute approximate surface area is 148 Å². The molecular weight excluding hydrogens is 320 g/mol. The van der Waals surface area contributed by atoms with E-state index in [2.05, 4.69) is 5.32 Å². The molecule has 1 aromatic carbocycles. The number of rotatable bonds is 5. The smallest absolute Gasteiger partial charge is 0.228 e. The van der Waals surface area contributed by atoms with E-state index in [-0.39, 0.29) is 5.91 Å². The second kappa shape index (κ2) is 8.45. The molecule has 1 saturated carbocycles. The first kappa shape index (κ1) is 17.9. The van der Waals surface area contributed by atoms with Crippen LogP contribution in [0.5, 0.6) is 0 Å². The molecule has 6 nitrogen and oxygen atoms in total. The number of carbonyl (C=O) groups is 2. The predicted molar refractivity (Wildman–Crippen MR) is 90.7 cm³/mol. The van der Waals surface area contributed by atoms with Gasteiger partial charge in [0.2, 0.25) is 5.91 Å². The van der Waals surface area contributed by atoms with Gasteiger partial charge in [-0.25, -0.2) is 0 Å². The van der Waals surface area contributed by atoms with Crippen LogP contribution in [-0.4, -0.2) is 38.2 Å². The van der Waals surface area contributed by atoms with Crippen LogP contribution in [0.2, 0.25) is 0 Å². The molecule has 1 saturated heterocycles. The van der Waals surface area contributed by atoms with Crippen molar-refractivity contribution >= 4 is 17.6 Å². The predicted octanol–water partition coefficient (Wildman–Crippen LogP) is -0.403. The monoisotopic (exact) mass is 346 g/mol. The van der Waals surface area contributed by atoms with Crippen LogP contribution in [0.4, 0.5) is 5.69 Å². The first-order chi connectivity index (χ1) is 12.1. The fourth-order valence-electron chi connectivity index (χ4n) is 3.79. The third kappa shape index (κ3) is 4.80. The molecule has 0 spiro atoms. The van der Waals surface area contributed by atoms with Crippen LogP contribution in [0.1, 0.15) is 31.2 Å². The molecule has 1 aromatic rings. The number of carbonyl (C=O) groups excluding carboxylic acids is 2. The van der Waals surface area contributed by atoms with Crippen LogP contribution in [0.3, 0.4) is 0 Å². The van der Waals surface area contributed by atoms with E-state index < -0.39 is 17.8 Å². The normalized spacial score (nSPS) is 24.6. The molecule has 6 heteroatoms. The molecular formula is C19H26N2O4. The molecule has 3 rings (SSSR count). The minimum atomic E-state index is -1.11. The lowest BCUT2D eigenvalue weighted by molar-refractivity contribution is -0.921. The molecule has 25 heavy (non-hydrogen) atoms. The molecule has 0 bridgehead atoms. The van der Waals surface area contributed by atoms with Crippen molar-refractivity contribution in [3.63, 3.8) is 0 Å². The summed E-state index contributed by atoms with van der Waals surface area (Å²) < 4.78 is 5.37. The number of quaternary nitrogens is 1. The third-order valence-corrected chi connectivity index (χ3v) is 5.28. The molecule has 136 valence electrons. The second-order valence-corrected chi connectivity index (χ2v) is 7.04. The first-order valence-electron chi connectivity index (χ1n) is 9.15. The Bertz CT molecular complexity index is 596. The highest BCUT2D eigenvalue weighted by Gasteiger charge is 2.31. The van der Waals surface area contributed by atoms with Crippen LogP contribution in [0.25, 0.3) is 0 Å². The lowest BCUT2D eigenvalue weighted by Crippen LogP contribution is -3.12. The van der Waals surface area contributed by atoms with E-state index in [1.165, 1.54) is 10.5 Å². The lowest BCUT2D eigenvalue weighted by Gasteiger charge is -2.31. The summed E-state index contributed by atoms with van der Waals surface area (Å²) in [7, 11) is 0. The van der Waals surface area contributed by atoms with E-state index in [1.54, 1.807) is 0 Å². The molecule has 1 amide bonds. The van der Waals surface area contributed by atoms with Gasteiger partial charge in [0.05, 0.1) is 13.2 Å². The number of amides is 1. The molecule has 0 unspecified atom stereocenters. The van der Waals surface area contributed by atoms with Gasteiger partial charge in [0, 0.05) is 29.1 Å². The van der Waals surface area contributed by atoms with Crippen LogP contribution in [0.15, 0.2) is 24.3 Å². The largest absolute Gasteiger partial charge is 0.550 e. The van der Waals surface area contributed by atoms with Gasteiger partial charge in [0.25, 0.3) is 0 Å². The van der Waals surface area contributed by atoms with Crippen molar-refractivity contribution in [1.29, 1.82) is 0 Å². The van der Waals surface area contributed by atoms with E-state index in [4.69, 9.17) is 4.74 Å². The summed E-state index contributed by atoms with van der Waals surface area (Å²) in [4.78, 5) is 25.2. The molecule has 1 heterocycles. The molecule has 2 aliphatic rings. The van der Waals surface area contributed by atoms with Gasteiger partial charge in [-0.3, -0.25) is 4.79 Å². The highest BCUT2D eigenvalue weighted by molar-refractivity contribution is 5.95. The fourth-order valence-corrected chi connectivity index (χ4v) is 3.79. The van der Waals surface area contributed by atoms with Gasteiger partial charge < -0.3 is 24.9 Å². The van der Waals surface area contributed by atoms with Crippen molar-refractivity contribution in [2.24, 2.45) is 11.8 Å². The maximum absolute atomic E-state index is 12.5. The topological polar surface area (TPSA) is 82.9 Å². The molecule has 0 radical (unpaired) electrons. The van der Waals surface area contributed by atoms with Crippen molar-refractivity contribution in [2.75, 3.05) is 31.6 Å². The van der Waals surface area contributed by atoms with Crippen molar-refractivity contribution in [3.05, 3.63) is 29.8 Å². The zero-order chi connectivity index (χ0) is 17.6. The SMILES string of the molecule is O=C([O-])[C@H]1CCCC[C@@H]1C(=O)Nc1ccc(C[NH+]2CCOCC2)cc1. The van der Waals surface area contributed by atoms with Gasteiger partial charge in [-0.15, -0.1) is 0 Å². The number of hydrogen-bond acceptors (Lipinski definition) is 4. The first-order valence-corrected chi connectivity index (χ1v) is 9.15. The number of benzene rings is 1. The average Bonchev–Trinajstić information content (AvgIpc) is 2.64. The van der Waals surface area contributed by atoms with Crippen molar-refractivity contribution in [2.45, 2.75) is 32.2 Å². The summed E-state index contributed by atoms with van der Waals surface area (Å²) in [5, 5.41) is 14.1. The van der Waals surface area contributed by atoms with Crippen LogP contribution in [0, 0.1) is 11.8 Å². The maximum atomic E-state index is 12.5. The Balaban J connectivity index is 1.56. The fraction of sp³-hybridized carbons (Fsp3) is 0.579. The Kier molecular flexibility index (Phi) is 6.04.